The van der Waals surface area contributed by atoms with E-state index in [2.05, 4.69) is 15.4 Å². The van der Waals surface area contributed by atoms with Gasteiger partial charge < -0.3 is 5.73 Å². The predicted molar refractivity (Wildman–Crippen MR) is 65.3 cm³/mol. The normalized spacial score (nSPS) is 11.7. The number of sulfone groups is 1. The highest BCUT2D eigenvalue weighted by molar-refractivity contribution is 7.90. The highest BCUT2D eigenvalue weighted by Crippen LogP contribution is 2.23. The number of rotatable bonds is 3. The van der Waals surface area contributed by atoms with Gasteiger partial charge in [0.05, 0.1) is 11.9 Å². The van der Waals surface area contributed by atoms with Gasteiger partial charge >= 0.3 is 0 Å². The van der Waals surface area contributed by atoms with Crippen molar-refractivity contribution in [3.63, 3.8) is 0 Å². The highest BCUT2D eigenvalue weighted by Gasteiger charge is 2.21. The molecule has 0 aliphatic carbocycles. The minimum Gasteiger partial charge on any atom is -0.398 e. The maximum atomic E-state index is 12.2. The van der Waals surface area contributed by atoms with Crippen LogP contribution in [0.4, 0.5) is 5.69 Å². The summed E-state index contributed by atoms with van der Waals surface area (Å²) >= 11 is 0. The molecule has 0 atom stereocenters. The van der Waals surface area contributed by atoms with Crippen molar-refractivity contribution in [2.45, 2.75) is 17.6 Å². The quantitative estimate of drug-likeness (QED) is 0.789. The van der Waals surface area contributed by atoms with Crippen LogP contribution < -0.4 is 5.73 Å². The van der Waals surface area contributed by atoms with Crippen molar-refractivity contribution in [3.8, 4) is 0 Å². The first-order valence-corrected chi connectivity index (χ1v) is 6.86. The van der Waals surface area contributed by atoms with Crippen molar-refractivity contribution in [1.82, 2.24) is 20.2 Å². The van der Waals surface area contributed by atoms with Crippen molar-refractivity contribution in [1.29, 1.82) is 0 Å². The molecule has 0 spiro atoms. The van der Waals surface area contributed by atoms with Gasteiger partial charge in [0, 0.05) is 5.69 Å². The molecule has 96 valence electrons. The monoisotopic (exact) mass is 267 g/mol. The molecule has 2 rings (SSSR count). The van der Waals surface area contributed by atoms with Gasteiger partial charge in [-0.25, -0.2) is 8.42 Å². The van der Waals surface area contributed by atoms with Gasteiger partial charge in [0.15, 0.2) is 15.7 Å². The van der Waals surface area contributed by atoms with Crippen LogP contribution in [-0.4, -0.2) is 28.6 Å². The molecule has 2 aromatic rings. The zero-order chi connectivity index (χ0) is 13.3. The molecule has 0 saturated heterocycles. The van der Waals surface area contributed by atoms with Crippen LogP contribution in [0.3, 0.4) is 0 Å². The lowest BCUT2D eigenvalue weighted by Gasteiger charge is -2.07. The smallest absolute Gasteiger partial charge is 0.190 e. The van der Waals surface area contributed by atoms with Crippen LogP contribution in [0.2, 0.25) is 0 Å². The van der Waals surface area contributed by atoms with E-state index in [-0.39, 0.29) is 16.5 Å². The number of tetrazole rings is 1. The summed E-state index contributed by atoms with van der Waals surface area (Å²) in [7, 11) is -1.93. The van der Waals surface area contributed by atoms with E-state index in [9.17, 15) is 8.42 Å². The van der Waals surface area contributed by atoms with Gasteiger partial charge in [0.25, 0.3) is 0 Å². The Bertz CT molecular complexity index is 677. The van der Waals surface area contributed by atoms with Gasteiger partial charge in [-0.2, -0.15) is 4.80 Å². The van der Waals surface area contributed by atoms with Gasteiger partial charge in [-0.3, -0.25) is 0 Å². The number of aryl methyl sites for hydroxylation is 1. The molecule has 8 heteroatoms. The van der Waals surface area contributed by atoms with Crippen LogP contribution in [0.25, 0.3) is 0 Å². The van der Waals surface area contributed by atoms with E-state index in [1.807, 2.05) is 0 Å². The lowest BCUT2D eigenvalue weighted by molar-refractivity contribution is 0.592. The van der Waals surface area contributed by atoms with Gasteiger partial charge in [-0.05, 0) is 29.8 Å². The molecule has 0 bridgehead atoms. The summed E-state index contributed by atoms with van der Waals surface area (Å²) in [4.78, 5) is 1.42. The molecule has 0 unspecified atom stereocenters. The van der Waals surface area contributed by atoms with Gasteiger partial charge in [0.1, 0.15) is 5.75 Å². The molecule has 1 heterocycles. The fraction of sp³-hybridized carbons (Fsp3) is 0.300. The largest absolute Gasteiger partial charge is 0.398 e. The van der Waals surface area contributed by atoms with Crippen molar-refractivity contribution in [2.75, 3.05) is 5.73 Å². The lowest BCUT2D eigenvalue weighted by atomic mass is 10.2. The third kappa shape index (κ3) is 2.33. The van der Waals surface area contributed by atoms with Crippen LogP contribution in [0.5, 0.6) is 0 Å². The number of hydrogen-bond donors (Lipinski definition) is 1. The average Bonchev–Trinajstić information content (AvgIpc) is 2.67. The third-order valence-corrected chi connectivity index (χ3v) is 4.28. The average molecular weight is 267 g/mol. The number of nitrogen functional groups attached to an aromatic ring is 1. The summed E-state index contributed by atoms with van der Waals surface area (Å²) < 4.78 is 24.4. The van der Waals surface area contributed by atoms with Crippen molar-refractivity contribution >= 4 is 15.5 Å². The minimum atomic E-state index is -3.51. The molecule has 0 saturated carbocycles. The molecular weight excluding hydrogens is 254 g/mol. The number of nitrogens with two attached hydrogens (primary N) is 1. The second kappa shape index (κ2) is 4.37. The molecule has 0 amide bonds. The Kier molecular flexibility index (Phi) is 3.04. The van der Waals surface area contributed by atoms with Crippen LogP contribution in [0.15, 0.2) is 23.1 Å². The molecule has 18 heavy (non-hydrogen) atoms. The van der Waals surface area contributed by atoms with E-state index < -0.39 is 9.84 Å². The molecule has 0 aliphatic heterocycles. The van der Waals surface area contributed by atoms with E-state index >= 15 is 0 Å². The lowest BCUT2D eigenvalue weighted by Crippen LogP contribution is -2.09. The van der Waals surface area contributed by atoms with Gasteiger partial charge in [0.2, 0.25) is 0 Å². The molecular formula is C10H13N5O2S. The Balaban J connectivity index is 2.40. The molecule has 0 aliphatic rings. The van der Waals surface area contributed by atoms with Crippen LogP contribution in [0, 0.1) is 6.92 Å². The summed E-state index contributed by atoms with van der Waals surface area (Å²) in [6.07, 6.45) is 0. The van der Waals surface area contributed by atoms with Gasteiger partial charge in [-0.15, -0.1) is 10.2 Å². The number of benzene rings is 1. The maximum Gasteiger partial charge on any atom is 0.190 e. The fourth-order valence-corrected chi connectivity index (χ4v) is 3.08. The molecule has 0 fully saturated rings. The Morgan fingerprint density at radius 2 is 2.11 bits per heavy atom. The number of nitrogens with zero attached hydrogens (tertiary/aromatic N) is 4. The predicted octanol–water partition coefficient (Wildman–Crippen LogP) is 0.0746. The van der Waals surface area contributed by atoms with E-state index in [0.717, 1.165) is 0 Å². The first-order chi connectivity index (χ1) is 8.40. The van der Waals surface area contributed by atoms with E-state index in [4.69, 9.17) is 5.73 Å². The third-order valence-electron chi connectivity index (χ3n) is 2.53. The zero-order valence-electron chi connectivity index (χ0n) is 10.0. The van der Waals surface area contributed by atoms with E-state index in [1.165, 1.54) is 10.9 Å². The summed E-state index contributed by atoms with van der Waals surface area (Å²) in [5.74, 6) is -0.121. The minimum absolute atomic E-state index is 0.166. The summed E-state index contributed by atoms with van der Waals surface area (Å²) in [5, 5.41) is 11.1. The van der Waals surface area contributed by atoms with Crippen LogP contribution >= 0.6 is 0 Å². The number of hydrogen-bond acceptors (Lipinski definition) is 6. The van der Waals surface area contributed by atoms with Crippen LogP contribution in [0.1, 0.15) is 11.4 Å². The Labute approximate surface area is 105 Å². The van der Waals surface area contributed by atoms with E-state index in [0.29, 0.717) is 11.3 Å². The zero-order valence-corrected chi connectivity index (χ0v) is 10.8. The molecule has 1 aromatic heterocycles. The Hall–Kier alpha value is -1.96. The van der Waals surface area contributed by atoms with Gasteiger partial charge in [-0.1, -0.05) is 6.07 Å². The Morgan fingerprint density at radius 1 is 1.39 bits per heavy atom. The molecule has 7 nitrogen and oxygen atoms in total. The standard InChI is InChI=1S/C10H13N5O2S/c1-7-8(11)4-3-5-9(7)18(16,17)6-10-12-14-15(2)13-10/h3-5H,6,11H2,1-2H3. The number of aromatic nitrogens is 4. The summed E-state index contributed by atoms with van der Waals surface area (Å²) in [6.45, 7) is 1.67. The SMILES string of the molecule is Cc1c(N)cccc1S(=O)(=O)Cc1nnn(C)n1. The Morgan fingerprint density at radius 3 is 2.72 bits per heavy atom. The topological polar surface area (TPSA) is 104 Å². The van der Waals surface area contributed by atoms with E-state index in [1.54, 1.807) is 26.1 Å². The van der Waals surface area contributed by atoms with Crippen molar-refractivity contribution < 1.29 is 8.42 Å². The molecule has 2 N–H and O–H groups in total. The molecule has 0 radical (unpaired) electrons. The second-order valence-corrected chi connectivity index (χ2v) is 5.88. The summed E-state index contributed by atoms with van der Waals surface area (Å²) in [6, 6.07) is 4.80. The van der Waals surface area contributed by atoms with Crippen molar-refractivity contribution in [2.24, 2.45) is 7.05 Å². The van der Waals surface area contributed by atoms with Crippen LogP contribution in [-0.2, 0) is 22.6 Å². The second-order valence-electron chi connectivity index (χ2n) is 3.92. The molecule has 1 aromatic carbocycles. The first kappa shape index (κ1) is 12.5. The highest BCUT2D eigenvalue weighted by atomic mass is 32.2. The fourth-order valence-electron chi connectivity index (χ4n) is 1.60. The maximum absolute atomic E-state index is 12.2. The van der Waals surface area contributed by atoms with Crippen molar-refractivity contribution in [3.05, 3.63) is 29.6 Å². The number of anilines is 1. The first-order valence-electron chi connectivity index (χ1n) is 5.21. The summed E-state index contributed by atoms with van der Waals surface area (Å²) in [5.41, 5.74) is 6.69.